The molecular formula is C45H85N2O6P. The second-order valence-corrected chi connectivity index (χ2v) is 16.3. The third-order valence-electron chi connectivity index (χ3n) is 9.63. The molecule has 5 N–H and O–H groups in total. The van der Waals surface area contributed by atoms with E-state index >= 15 is 0 Å². The van der Waals surface area contributed by atoms with E-state index in [1.165, 1.54) is 116 Å². The van der Waals surface area contributed by atoms with Crippen molar-refractivity contribution in [1.82, 2.24) is 5.32 Å². The van der Waals surface area contributed by atoms with Gasteiger partial charge in [0, 0.05) is 13.0 Å². The number of unbranched alkanes of at least 4 members (excludes halogenated alkanes) is 23. The minimum Gasteiger partial charge on any atom is -0.387 e. The van der Waals surface area contributed by atoms with Crippen LogP contribution in [-0.4, -0.2) is 47.8 Å². The van der Waals surface area contributed by atoms with Crippen LogP contribution in [-0.2, 0) is 18.4 Å². The molecule has 3 atom stereocenters. The standard InChI is InChI=1S/C45H85N2O6P/c1-3-5-7-9-11-13-15-17-19-20-21-22-23-24-25-26-28-30-32-34-36-38-44(48)43(42-53-54(50,51)52-41-40-46)47-45(49)39-37-35-33-31-29-27-18-16-14-12-10-8-6-4-2/h10,12,16,18,28,30,36,38,43-44,48H,3-9,11,13-15,17,19-27,29,31-35,37,39-42,46H2,1-2H3,(H,47,49)(H,50,51)/b12-10-,18-16-,30-28+,38-36+. The van der Waals surface area contributed by atoms with Crippen LogP contribution in [0.4, 0.5) is 0 Å². The fourth-order valence-electron chi connectivity index (χ4n) is 6.22. The minimum atomic E-state index is -4.35. The third-order valence-corrected chi connectivity index (χ3v) is 10.6. The molecule has 0 aliphatic heterocycles. The number of nitrogens with one attached hydrogen (secondary N) is 1. The summed E-state index contributed by atoms with van der Waals surface area (Å²) in [6.07, 6.45) is 50.2. The molecule has 0 rings (SSSR count). The summed E-state index contributed by atoms with van der Waals surface area (Å²) < 4.78 is 22.1. The van der Waals surface area contributed by atoms with Crippen LogP contribution in [0.2, 0.25) is 0 Å². The van der Waals surface area contributed by atoms with Crippen molar-refractivity contribution in [3.05, 3.63) is 48.6 Å². The molecule has 0 aliphatic carbocycles. The van der Waals surface area contributed by atoms with Gasteiger partial charge >= 0.3 is 7.82 Å². The molecule has 0 bridgehead atoms. The van der Waals surface area contributed by atoms with Crippen molar-refractivity contribution in [3.8, 4) is 0 Å². The molecule has 0 fully saturated rings. The van der Waals surface area contributed by atoms with Gasteiger partial charge in [-0.2, -0.15) is 0 Å². The van der Waals surface area contributed by atoms with E-state index in [4.69, 9.17) is 14.8 Å². The highest BCUT2D eigenvalue weighted by molar-refractivity contribution is 7.47. The van der Waals surface area contributed by atoms with Crippen LogP contribution in [0, 0.1) is 0 Å². The molecule has 0 saturated heterocycles. The van der Waals surface area contributed by atoms with Crippen molar-refractivity contribution >= 4 is 13.7 Å². The zero-order valence-corrected chi connectivity index (χ0v) is 35.8. The Morgan fingerprint density at radius 3 is 1.59 bits per heavy atom. The molecule has 54 heavy (non-hydrogen) atoms. The zero-order valence-electron chi connectivity index (χ0n) is 35.0. The number of carbonyl (C=O) groups is 1. The van der Waals surface area contributed by atoms with Crippen molar-refractivity contribution in [2.24, 2.45) is 5.73 Å². The number of nitrogens with two attached hydrogens (primary N) is 1. The molecule has 0 spiro atoms. The monoisotopic (exact) mass is 781 g/mol. The Balaban J connectivity index is 4.25. The van der Waals surface area contributed by atoms with Crippen molar-refractivity contribution in [1.29, 1.82) is 0 Å². The second-order valence-electron chi connectivity index (χ2n) is 14.9. The summed E-state index contributed by atoms with van der Waals surface area (Å²) in [5.74, 6) is -0.219. The van der Waals surface area contributed by atoms with Crippen LogP contribution in [0.15, 0.2) is 48.6 Å². The lowest BCUT2D eigenvalue weighted by molar-refractivity contribution is -0.123. The van der Waals surface area contributed by atoms with Crippen molar-refractivity contribution < 1.29 is 28.4 Å². The molecule has 3 unspecified atom stereocenters. The maximum atomic E-state index is 12.7. The van der Waals surface area contributed by atoms with E-state index in [2.05, 4.69) is 55.6 Å². The summed E-state index contributed by atoms with van der Waals surface area (Å²) in [5, 5.41) is 13.6. The molecule has 316 valence electrons. The Bertz CT molecular complexity index is 985. The van der Waals surface area contributed by atoms with E-state index in [-0.39, 0.29) is 25.7 Å². The lowest BCUT2D eigenvalue weighted by atomic mass is 10.0. The van der Waals surface area contributed by atoms with Crippen molar-refractivity contribution in [2.45, 2.75) is 212 Å². The molecule has 0 saturated carbocycles. The van der Waals surface area contributed by atoms with Gasteiger partial charge < -0.3 is 21.1 Å². The Kier molecular flexibility index (Phi) is 39.9. The Morgan fingerprint density at radius 1 is 0.611 bits per heavy atom. The molecule has 0 aliphatic rings. The summed E-state index contributed by atoms with van der Waals surface area (Å²) in [5.41, 5.74) is 5.37. The number of phosphoric acid groups is 1. The van der Waals surface area contributed by atoms with Crippen LogP contribution in [0.3, 0.4) is 0 Å². The fourth-order valence-corrected chi connectivity index (χ4v) is 6.98. The van der Waals surface area contributed by atoms with E-state index in [1.807, 2.05) is 6.08 Å². The van der Waals surface area contributed by atoms with Gasteiger partial charge in [0.25, 0.3) is 0 Å². The first-order valence-corrected chi connectivity index (χ1v) is 23.8. The number of phosphoric ester groups is 1. The number of allylic oxidation sites excluding steroid dienone is 7. The lowest BCUT2D eigenvalue weighted by Gasteiger charge is -2.23. The first-order chi connectivity index (χ1) is 26.4. The maximum absolute atomic E-state index is 12.7. The highest BCUT2D eigenvalue weighted by Crippen LogP contribution is 2.43. The van der Waals surface area contributed by atoms with E-state index in [1.54, 1.807) is 6.08 Å². The van der Waals surface area contributed by atoms with Gasteiger partial charge in [-0.1, -0.05) is 184 Å². The van der Waals surface area contributed by atoms with Crippen molar-refractivity contribution in [2.75, 3.05) is 19.8 Å². The van der Waals surface area contributed by atoms with Crippen LogP contribution in [0.25, 0.3) is 0 Å². The predicted octanol–water partition coefficient (Wildman–Crippen LogP) is 12.5. The average molecular weight is 781 g/mol. The van der Waals surface area contributed by atoms with Gasteiger partial charge in [-0.15, -0.1) is 0 Å². The molecular weight excluding hydrogens is 695 g/mol. The fraction of sp³-hybridized carbons (Fsp3) is 0.800. The van der Waals surface area contributed by atoms with E-state index in [9.17, 15) is 19.4 Å². The summed E-state index contributed by atoms with van der Waals surface area (Å²) in [7, 11) is -4.35. The largest absolute Gasteiger partial charge is 0.472 e. The summed E-state index contributed by atoms with van der Waals surface area (Å²) in [6, 6.07) is -0.885. The number of hydrogen-bond donors (Lipinski definition) is 4. The van der Waals surface area contributed by atoms with Gasteiger partial charge in [-0.3, -0.25) is 13.8 Å². The Labute approximate surface area is 332 Å². The average Bonchev–Trinajstić information content (AvgIpc) is 3.16. The van der Waals surface area contributed by atoms with Gasteiger partial charge in [0.15, 0.2) is 0 Å². The van der Waals surface area contributed by atoms with Crippen molar-refractivity contribution in [3.63, 3.8) is 0 Å². The Morgan fingerprint density at radius 2 is 1.06 bits per heavy atom. The second kappa shape index (κ2) is 41.1. The van der Waals surface area contributed by atoms with E-state index in [0.29, 0.717) is 6.42 Å². The highest BCUT2D eigenvalue weighted by Gasteiger charge is 2.26. The van der Waals surface area contributed by atoms with Crippen LogP contribution >= 0.6 is 7.82 Å². The zero-order chi connectivity index (χ0) is 39.6. The van der Waals surface area contributed by atoms with Crippen LogP contribution in [0.1, 0.15) is 200 Å². The number of aliphatic hydroxyl groups is 1. The minimum absolute atomic E-state index is 0.0703. The summed E-state index contributed by atoms with van der Waals surface area (Å²) >= 11 is 0. The van der Waals surface area contributed by atoms with E-state index < -0.39 is 20.0 Å². The number of hydrogen-bond acceptors (Lipinski definition) is 6. The third kappa shape index (κ3) is 38.7. The molecule has 0 aromatic carbocycles. The molecule has 0 aromatic heterocycles. The molecule has 0 radical (unpaired) electrons. The first-order valence-electron chi connectivity index (χ1n) is 22.3. The molecule has 8 nitrogen and oxygen atoms in total. The van der Waals surface area contributed by atoms with Crippen LogP contribution < -0.4 is 11.1 Å². The molecule has 0 heterocycles. The molecule has 9 heteroatoms. The molecule has 1 amide bonds. The maximum Gasteiger partial charge on any atom is 0.472 e. The van der Waals surface area contributed by atoms with Gasteiger partial charge in [0.05, 0.1) is 25.4 Å². The number of amides is 1. The summed E-state index contributed by atoms with van der Waals surface area (Å²) in [4.78, 5) is 22.7. The SMILES string of the molecule is CCCC/C=C\C/C=C\CCCCCCCC(=O)NC(COP(=O)(O)OCCN)C(O)/C=C/CC/C=C/CCCCCCCCCCCCCCCCC. The van der Waals surface area contributed by atoms with Gasteiger partial charge in [-0.25, -0.2) is 4.57 Å². The quantitative estimate of drug-likeness (QED) is 0.0276. The predicted molar refractivity (Wildman–Crippen MR) is 231 cm³/mol. The number of rotatable bonds is 41. The van der Waals surface area contributed by atoms with Crippen LogP contribution in [0.5, 0.6) is 0 Å². The highest BCUT2D eigenvalue weighted by atomic mass is 31.2. The topological polar surface area (TPSA) is 131 Å². The number of carbonyl (C=O) groups excluding carboxylic acids is 1. The molecule has 0 aromatic rings. The van der Waals surface area contributed by atoms with Gasteiger partial charge in [-0.05, 0) is 57.8 Å². The van der Waals surface area contributed by atoms with Gasteiger partial charge in [0.1, 0.15) is 0 Å². The summed E-state index contributed by atoms with van der Waals surface area (Å²) in [6.45, 7) is 4.06. The number of aliphatic hydroxyl groups excluding tert-OH is 1. The van der Waals surface area contributed by atoms with E-state index in [0.717, 1.165) is 64.2 Å². The lowest BCUT2D eigenvalue weighted by Crippen LogP contribution is -2.45. The van der Waals surface area contributed by atoms with Gasteiger partial charge in [0.2, 0.25) is 5.91 Å². The smallest absolute Gasteiger partial charge is 0.387 e. The first kappa shape index (κ1) is 52.5. The Hall–Kier alpha value is -1.54. The normalized spacial score (nSPS) is 14.5.